The predicted octanol–water partition coefficient (Wildman–Crippen LogP) is 1.93. The highest BCUT2D eigenvalue weighted by Gasteiger charge is 2.48. The summed E-state index contributed by atoms with van der Waals surface area (Å²) < 4.78 is 4.67. The summed E-state index contributed by atoms with van der Waals surface area (Å²) in [6.45, 7) is 0. The van der Waals surface area contributed by atoms with Crippen molar-refractivity contribution < 1.29 is 19.1 Å². The summed E-state index contributed by atoms with van der Waals surface area (Å²) in [5.74, 6) is -1.52. The number of para-hydroxylation sites is 1. The molecule has 0 bridgehead atoms. The van der Waals surface area contributed by atoms with Crippen molar-refractivity contribution in [1.82, 2.24) is 0 Å². The molecule has 114 valence electrons. The van der Waals surface area contributed by atoms with Crippen LogP contribution in [0.2, 0.25) is 0 Å². The van der Waals surface area contributed by atoms with Crippen LogP contribution in [0.4, 0.5) is 5.69 Å². The van der Waals surface area contributed by atoms with Crippen LogP contribution in [-0.4, -0.2) is 24.9 Å². The zero-order valence-corrected chi connectivity index (χ0v) is 12.3. The Kier molecular flexibility index (Phi) is 3.79. The third kappa shape index (κ3) is 2.43. The molecule has 22 heavy (non-hydrogen) atoms. The average molecular weight is 299 g/mol. The molecule has 0 saturated carbocycles. The molecular weight excluding hydrogens is 282 g/mol. The van der Waals surface area contributed by atoms with Crippen molar-refractivity contribution in [2.45, 2.75) is 12.8 Å². The second-order valence-corrected chi connectivity index (χ2v) is 5.64. The van der Waals surface area contributed by atoms with Crippen LogP contribution in [0.1, 0.15) is 12.8 Å². The first kappa shape index (κ1) is 14.5. The van der Waals surface area contributed by atoms with Crippen molar-refractivity contribution in [2.24, 2.45) is 17.8 Å². The third-order valence-corrected chi connectivity index (χ3v) is 4.29. The Bertz CT molecular complexity index is 637. The molecule has 5 nitrogen and oxygen atoms in total. The van der Waals surface area contributed by atoms with E-state index in [1.54, 1.807) is 30.3 Å². The van der Waals surface area contributed by atoms with E-state index < -0.39 is 5.92 Å². The van der Waals surface area contributed by atoms with E-state index in [1.807, 2.05) is 12.1 Å². The van der Waals surface area contributed by atoms with Crippen LogP contribution in [0.3, 0.4) is 0 Å². The van der Waals surface area contributed by atoms with Crippen LogP contribution < -0.4 is 4.90 Å². The molecule has 0 unspecified atom stereocenters. The van der Waals surface area contributed by atoms with Crippen LogP contribution in [0.5, 0.6) is 0 Å². The van der Waals surface area contributed by atoms with Crippen LogP contribution in [0.15, 0.2) is 42.5 Å². The van der Waals surface area contributed by atoms with Gasteiger partial charge in [0.15, 0.2) is 0 Å². The maximum atomic E-state index is 12.6. The molecule has 1 saturated heterocycles. The van der Waals surface area contributed by atoms with Gasteiger partial charge in [-0.1, -0.05) is 30.4 Å². The van der Waals surface area contributed by atoms with Crippen molar-refractivity contribution in [1.29, 1.82) is 0 Å². The number of amides is 2. The molecule has 0 aromatic heterocycles. The molecule has 1 fully saturated rings. The lowest BCUT2D eigenvalue weighted by atomic mass is 9.79. The highest BCUT2D eigenvalue weighted by molar-refractivity contribution is 6.22. The summed E-state index contributed by atoms with van der Waals surface area (Å²) in [4.78, 5) is 37.8. The Morgan fingerprint density at radius 3 is 2.59 bits per heavy atom. The zero-order chi connectivity index (χ0) is 15.7. The largest absolute Gasteiger partial charge is 0.469 e. The van der Waals surface area contributed by atoms with E-state index in [0.717, 1.165) is 0 Å². The van der Waals surface area contributed by atoms with Crippen molar-refractivity contribution in [3.63, 3.8) is 0 Å². The van der Waals surface area contributed by atoms with Crippen LogP contribution in [-0.2, 0) is 19.1 Å². The van der Waals surface area contributed by atoms with Gasteiger partial charge in [-0.2, -0.15) is 0 Å². The number of anilines is 1. The van der Waals surface area contributed by atoms with E-state index in [2.05, 4.69) is 4.74 Å². The van der Waals surface area contributed by atoms with Gasteiger partial charge >= 0.3 is 5.97 Å². The molecular formula is C17H17NO4. The monoisotopic (exact) mass is 299 g/mol. The molecule has 0 N–H and O–H groups in total. The van der Waals surface area contributed by atoms with Gasteiger partial charge in [0, 0.05) is 0 Å². The van der Waals surface area contributed by atoms with E-state index in [-0.39, 0.29) is 36.0 Å². The number of allylic oxidation sites excluding steroid dienone is 1. The molecule has 2 aliphatic rings. The molecule has 3 rings (SSSR count). The summed E-state index contributed by atoms with van der Waals surface area (Å²) in [7, 11) is 1.35. The second-order valence-electron chi connectivity index (χ2n) is 5.64. The number of benzene rings is 1. The highest BCUT2D eigenvalue weighted by atomic mass is 16.5. The Morgan fingerprint density at radius 1 is 1.18 bits per heavy atom. The van der Waals surface area contributed by atoms with E-state index in [0.29, 0.717) is 12.1 Å². The maximum absolute atomic E-state index is 12.6. The molecule has 3 atom stereocenters. The van der Waals surface area contributed by atoms with Crippen molar-refractivity contribution in [3.8, 4) is 0 Å². The Balaban J connectivity index is 1.82. The Hall–Kier alpha value is -2.43. The number of fused-ring (bicyclic) bond motifs is 1. The maximum Gasteiger partial charge on any atom is 0.306 e. The SMILES string of the molecule is COC(=O)C[C@H]1C=C[C@H]2C(=O)N(c3ccccc3)C(=O)[C@H]2C1. The predicted molar refractivity (Wildman–Crippen MR) is 79.8 cm³/mol. The second kappa shape index (κ2) is 5.75. The summed E-state index contributed by atoms with van der Waals surface area (Å²) in [5.41, 5.74) is 0.602. The lowest BCUT2D eigenvalue weighted by molar-refractivity contribution is -0.141. The van der Waals surface area contributed by atoms with Crippen LogP contribution in [0.25, 0.3) is 0 Å². The smallest absolute Gasteiger partial charge is 0.306 e. The fraction of sp³-hybridized carbons (Fsp3) is 0.353. The van der Waals surface area contributed by atoms with E-state index in [4.69, 9.17) is 0 Å². The lowest BCUT2D eigenvalue weighted by Gasteiger charge is -2.22. The van der Waals surface area contributed by atoms with E-state index in [1.165, 1.54) is 12.0 Å². The first-order valence-corrected chi connectivity index (χ1v) is 7.30. The third-order valence-electron chi connectivity index (χ3n) is 4.29. The van der Waals surface area contributed by atoms with Crippen LogP contribution in [0, 0.1) is 17.8 Å². The average Bonchev–Trinajstić information content (AvgIpc) is 2.79. The fourth-order valence-electron chi connectivity index (χ4n) is 3.17. The number of hydrogen-bond donors (Lipinski definition) is 0. The minimum absolute atomic E-state index is 0.0545. The number of rotatable bonds is 3. The fourth-order valence-corrected chi connectivity index (χ4v) is 3.17. The number of hydrogen-bond acceptors (Lipinski definition) is 4. The summed E-state index contributed by atoms with van der Waals surface area (Å²) in [5, 5.41) is 0. The van der Waals surface area contributed by atoms with E-state index >= 15 is 0 Å². The van der Waals surface area contributed by atoms with Gasteiger partial charge in [0.05, 0.1) is 31.1 Å². The zero-order valence-electron chi connectivity index (χ0n) is 12.3. The number of carbonyl (C=O) groups is 3. The molecule has 1 aromatic carbocycles. The lowest BCUT2D eigenvalue weighted by Crippen LogP contribution is -2.30. The number of ether oxygens (including phenoxy) is 1. The van der Waals surface area contributed by atoms with E-state index in [9.17, 15) is 14.4 Å². The number of nitrogens with zero attached hydrogens (tertiary/aromatic N) is 1. The number of methoxy groups -OCH3 is 1. The van der Waals surface area contributed by atoms with Crippen LogP contribution >= 0.6 is 0 Å². The Morgan fingerprint density at radius 2 is 1.91 bits per heavy atom. The quantitative estimate of drug-likeness (QED) is 0.486. The normalized spacial score (nSPS) is 27.0. The van der Waals surface area contributed by atoms with Crippen molar-refractivity contribution >= 4 is 23.5 Å². The van der Waals surface area contributed by atoms with Gasteiger partial charge in [-0.3, -0.25) is 14.4 Å². The molecule has 1 aliphatic heterocycles. The first-order chi connectivity index (χ1) is 10.6. The number of imide groups is 1. The number of carbonyl (C=O) groups excluding carboxylic acids is 3. The first-order valence-electron chi connectivity index (χ1n) is 7.30. The van der Waals surface area contributed by atoms with Gasteiger partial charge in [0.1, 0.15) is 0 Å². The van der Waals surface area contributed by atoms with Gasteiger partial charge in [0.25, 0.3) is 0 Å². The van der Waals surface area contributed by atoms with Gasteiger partial charge in [-0.25, -0.2) is 4.90 Å². The molecule has 2 amide bonds. The minimum atomic E-state index is -0.415. The number of esters is 1. The molecule has 5 heteroatoms. The van der Waals surface area contributed by atoms with Crippen molar-refractivity contribution in [3.05, 3.63) is 42.5 Å². The molecule has 1 aliphatic carbocycles. The van der Waals surface area contributed by atoms with Gasteiger partial charge in [0.2, 0.25) is 11.8 Å². The minimum Gasteiger partial charge on any atom is -0.469 e. The summed E-state index contributed by atoms with van der Waals surface area (Å²) in [6.07, 6.45) is 4.37. The summed E-state index contributed by atoms with van der Waals surface area (Å²) >= 11 is 0. The standard InChI is InChI=1S/C17H17NO4/c1-22-15(19)10-11-7-8-13-14(9-11)17(21)18(16(13)20)12-5-3-2-4-6-12/h2-8,11,13-14H,9-10H2,1H3/t11-,13+,14-/m0/s1. The van der Waals surface area contributed by atoms with Gasteiger partial charge in [-0.15, -0.1) is 0 Å². The highest BCUT2D eigenvalue weighted by Crippen LogP contribution is 2.39. The Labute approximate surface area is 128 Å². The summed E-state index contributed by atoms with van der Waals surface area (Å²) in [6, 6.07) is 8.95. The van der Waals surface area contributed by atoms with Gasteiger partial charge in [-0.05, 0) is 24.5 Å². The molecule has 1 heterocycles. The van der Waals surface area contributed by atoms with Gasteiger partial charge < -0.3 is 4.74 Å². The molecule has 0 spiro atoms. The van der Waals surface area contributed by atoms with Crippen molar-refractivity contribution in [2.75, 3.05) is 12.0 Å². The molecule has 1 aromatic rings. The topological polar surface area (TPSA) is 63.7 Å². The molecule has 0 radical (unpaired) electrons.